The van der Waals surface area contributed by atoms with Gasteiger partial charge in [0.2, 0.25) is 11.8 Å². The Morgan fingerprint density at radius 1 is 1.36 bits per heavy atom. The number of rotatable bonds is 4. The van der Waals surface area contributed by atoms with Gasteiger partial charge in [-0.25, -0.2) is 9.97 Å². The number of hydrogen-bond donors (Lipinski definition) is 0. The van der Waals surface area contributed by atoms with Gasteiger partial charge in [-0.1, -0.05) is 6.08 Å². The molecule has 0 saturated carbocycles. The van der Waals surface area contributed by atoms with Crippen molar-refractivity contribution in [1.82, 2.24) is 19.8 Å². The highest BCUT2D eigenvalue weighted by Crippen LogP contribution is 2.28. The number of piperidine rings is 2. The van der Waals surface area contributed by atoms with E-state index in [9.17, 15) is 9.59 Å². The van der Waals surface area contributed by atoms with E-state index in [4.69, 9.17) is 0 Å². The van der Waals surface area contributed by atoms with Crippen LogP contribution in [0.2, 0.25) is 0 Å². The first-order valence-corrected chi connectivity index (χ1v) is 9.05. The van der Waals surface area contributed by atoms with Crippen LogP contribution in [0.25, 0.3) is 0 Å². The second-order valence-electron chi connectivity index (χ2n) is 6.95. The summed E-state index contributed by atoms with van der Waals surface area (Å²) in [5.74, 6) is 1.44. The minimum atomic E-state index is -0.0736. The quantitative estimate of drug-likeness (QED) is 0.784. The number of amides is 2. The molecule has 3 heterocycles. The number of carbonyl (C=O) groups is 2. The maximum Gasteiger partial charge on any atom is 0.227 e. The summed E-state index contributed by atoms with van der Waals surface area (Å²) in [5.41, 5.74) is 1.08. The summed E-state index contributed by atoms with van der Waals surface area (Å²) in [5, 5.41) is 0. The summed E-state index contributed by atoms with van der Waals surface area (Å²) in [6.45, 7) is 8.17. The second kappa shape index (κ2) is 7.76. The zero-order chi connectivity index (χ0) is 17.8. The molecule has 134 valence electrons. The van der Waals surface area contributed by atoms with Gasteiger partial charge in [-0.3, -0.25) is 9.59 Å². The van der Waals surface area contributed by atoms with Crippen molar-refractivity contribution in [2.75, 3.05) is 26.2 Å². The number of aryl methyl sites for hydroxylation is 1. The highest BCUT2D eigenvalue weighted by molar-refractivity contribution is 5.84. The summed E-state index contributed by atoms with van der Waals surface area (Å²) >= 11 is 0. The zero-order valence-electron chi connectivity index (χ0n) is 14.9. The monoisotopic (exact) mass is 342 g/mol. The van der Waals surface area contributed by atoms with E-state index in [0.29, 0.717) is 31.8 Å². The molecule has 0 bridgehead atoms. The van der Waals surface area contributed by atoms with Gasteiger partial charge >= 0.3 is 0 Å². The molecule has 6 heteroatoms. The molecule has 0 N–H and O–H groups in total. The highest BCUT2D eigenvalue weighted by Gasteiger charge is 2.34. The molecule has 0 aromatic carbocycles. The Balaban J connectivity index is 1.56. The third-order valence-electron chi connectivity index (χ3n) is 5.22. The summed E-state index contributed by atoms with van der Waals surface area (Å²) in [6.07, 6.45) is 6.52. The molecule has 1 aromatic rings. The van der Waals surface area contributed by atoms with Crippen molar-refractivity contribution in [2.24, 2.45) is 5.92 Å². The maximum atomic E-state index is 12.8. The van der Waals surface area contributed by atoms with Gasteiger partial charge in [-0.2, -0.15) is 0 Å². The summed E-state index contributed by atoms with van der Waals surface area (Å²) in [4.78, 5) is 37.1. The van der Waals surface area contributed by atoms with Crippen LogP contribution in [0, 0.1) is 12.8 Å². The van der Waals surface area contributed by atoms with Gasteiger partial charge in [0.1, 0.15) is 5.82 Å². The lowest BCUT2D eigenvalue weighted by Crippen LogP contribution is -2.48. The molecule has 25 heavy (non-hydrogen) atoms. The fraction of sp³-hybridized carbons (Fsp3) is 0.579. The average Bonchev–Trinajstić information content (AvgIpc) is 2.63. The van der Waals surface area contributed by atoms with Gasteiger partial charge in [-0.05, 0) is 32.3 Å². The summed E-state index contributed by atoms with van der Waals surface area (Å²) in [7, 11) is 0. The molecule has 2 amide bonds. The van der Waals surface area contributed by atoms with Crippen LogP contribution in [0.1, 0.15) is 43.1 Å². The SMILES string of the molecule is C=CCN1C[C@H](C(=O)N2CCC(c3ccnc(C)n3)CC2)CCC1=O. The predicted molar refractivity (Wildman–Crippen MR) is 94.8 cm³/mol. The number of likely N-dealkylation sites (tertiary alicyclic amines) is 2. The van der Waals surface area contributed by atoms with E-state index >= 15 is 0 Å². The number of hydrogen-bond acceptors (Lipinski definition) is 4. The topological polar surface area (TPSA) is 66.4 Å². The Morgan fingerprint density at radius 3 is 2.80 bits per heavy atom. The van der Waals surface area contributed by atoms with Crippen molar-refractivity contribution < 1.29 is 9.59 Å². The van der Waals surface area contributed by atoms with Gasteiger partial charge in [0.25, 0.3) is 0 Å². The van der Waals surface area contributed by atoms with Gasteiger partial charge in [0.15, 0.2) is 0 Å². The summed E-state index contributed by atoms with van der Waals surface area (Å²) in [6, 6.07) is 1.98. The molecule has 2 saturated heterocycles. The van der Waals surface area contributed by atoms with Crippen LogP contribution in [0.15, 0.2) is 24.9 Å². The lowest BCUT2D eigenvalue weighted by molar-refractivity contribution is -0.143. The Kier molecular flexibility index (Phi) is 5.46. The van der Waals surface area contributed by atoms with Crippen LogP contribution in [0.4, 0.5) is 0 Å². The minimum Gasteiger partial charge on any atom is -0.342 e. The normalized spacial score (nSPS) is 22.1. The molecule has 1 atom stereocenters. The number of carbonyl (C=O) groups excluding carboxylic acids is 2. The fourth-order valence-corrected chi connectivity index (χ4v) is 3.80. The molecule has 3 rings (SSSR count). The van der Waals surface area contributed by atoms with Crippen LogP contribution >= 0.6 is 0 Å². The van der Waals surface area contributed by atoms with Crippen molar-refractivity contribution in [1.29, 1.82) is 0 Å². The lowest BCUT2D eigenvalue weighted by Gasteiger charge is -2.37. The van der Waals surface area contributed by atoms with Crippen molar-refractivity contribution in [3.05, 3.63) is 36.4 Å². The number of nitrogens with zero attached hydrogens (tertiary/aromatic N) is 4. The minimum absolute atomic E-state index is 0.0736. The zero-order valence-corrected chi connectivity index (χ0v) is 14.9. The van der Waals surface area contributed by atoms with Crippen molar-refractivity contribution >= 4 is 11.8 Å². The predicted octanol–water partition coefficient (Wildman–Crippen LogP) is 1.92. The summed E-state index contributed by atoms with van der Waals surface area (Å²) < 4.78 is 0. The first-order valence-electron chi connectivity index (χ1n) is 9.05. The Hall–Kier alpha value is -2.24. The molecule has 2 aliphatic rings. The van der Waals surface area contributed by atoms with Crippen LogP contribution < -0.4 is 0 Å². The highest BCUT2D eigenvalue weighted by atomic mass is 16.2. The van der Waals surface area contributed by atoms with Crippen LogP contribution in [-0.2, 0) is 9.59 Å². The van der Waals surface area contributed by atoms with Crippen molar-refractivity contribution in [3.8, 4) is 0 Å². The van der Waals surface area contributed by atoms with E-state index in [1.54, 1.807) is 11.0 Å². The van der Waals surface area contributed by atoms with E-state index in [1.165, 1.54) is 0 Å². The van der Waals surface area contributed by atoms with Crippen LogP contribution in [0.3, 0.4) is 0 Å². The maximum absolute atomic E-state index is 12.8. The van der Waals surface area contributed by atoms with E-state index in [1.807, 2.05) is 24.1 Å². The molecule has 2 aliphatic heterocycles. The van der Waals surface area contributed by atoms with Gasteiger partial charge in [0.05, 0.1) is 5.92 Å². The van der Waals surface area contributed by atoms with E-state index < -0.39 is 0 Å². The van der Waals surface area contributed by atoms with Crippen LogP contribution in [0.5, 0.6) is 0 Å². The molecular formula is C19H26N4O2. The van der Waals surface area contributed by atoms with E-state index in [0.717, 1.165) is 37.4 Å². The largest absolute Gasteiger partial charge is 0.342 e. The molecule has 0 unspecified atom stereocenters. The fourth-order valence-electron chi connectivity index (χ4n) is 3.80. The molecule has 6 nitrogen and oxygen atoms in total. The van der Waals surface area contributed by atoms with Crippen molar-refractivity contribution in [3.63, 3.8) is 0 Å². The second-order valence-corrected chi connectivity index (χ2v) is 6.95. The molecule has 0 spiro atoms. The first kappa shape index (κ1) is 17.6. The number of aromatic nitrogens is 2. The Labute approximate surface area is 148 Å². The van der Waals surface area contributed by atoms with Gasteiger partial charge in [0, 0.05) is 50.4 Å². The van der Waals surface area contributed by atoms with E-state index in [2.05, 4.69) is 16.5 Å². The van der Waals surface area contributed by atoms with Gasteiger partial charge < -0.3 is 9.80 Å². The third-order valence-corrected chi connectivity index (χ3v) is 5.22. The molecule has 1 aromatic heterocycles. The first-order chi connectivity index (χ1) is 12.1. The standard InChI is InChI=1S/C19H26N4O2/c1-3-10-23-13-16(4-5-18(23)24)19(25)22-11-7-15(8-12-22)17-6-9-20-14(2)21-17/h3,6,9,15-16H,1,4-5,7-8,10-13H2,2H3/t16-/m1/s1. The molecule has 2 fully saturated rings. The smallest absolute Gasteiger partial charge is 0.227 e. The van der Waals surface area contributed by atoms with Crippen molar-refractivity contribution in [2.45, 2.75) is 38.5 Å². The Morgan fingerprint density at radius 2 is 2.12 bits per heavy atom. The van der Waals surface area contributed by atoms with E-state index in [-0.39, 0.29) is 17.7 Å². The lowest BCUT2D eigenvalue weighted by atomic mass is 9.91. The molecule has 0 radical (unpaired) electrons. The Bertz CT molecular complexity index is 653. The van der Waals surface area contributed by atoms with Crippen LogP contribution in [-0.4, -0.2) is 57.8 Å². The average molecular weight is 342 g/mol. The molecule has 0 aliphatic carbocycles. The van der Waals surface area contributed by atoms with Gasteiger partial charge in [-0.15, -0.1) is 6.58 Å². The third kappa shape index (κ3) is 4.06. The molecular weight excluding hydrogens is 316 g/mol.